The van der Waals surface area contributed by atoms with Crippen LogP contribution in [0.5, 0.6) is 0 Å². The van der Waals surface area contributed by atoms with Crippen LogP contribution in [0.2, 0.25) is 15.1 Å². The van der Waals surface area contributed by atoms with E-state index >= 15 is 0 Å². The lowest BCUT2D eigenvalue weighted by Crippen LogP contribution is -2.11. The minimum Gasteiger partial charge on any atom is -0.322 e. The van der Waals surface area contributed by atoms with Gasteiger partial charge in [-0.25, -0.2) is 4.98 Å². The van der Waals surface area contributed by atoms with Gasteiger partial charge in [-0.2, -0.15) is 0 Å². The SMILES string of the molecule is O=C(Nc1ccc(-c2nc3ccccc3s2)c(Cl)c1)c1ccc(Cl)c(Cl)c1. The molecule has 0 fully saturated rings. The molecule has 0 aliphatic rings. The fourth-order valence-corrected chi connectivity index (χ4v) is 4.22. The Kier molecular flexibility index (Phi) is 5.06. The van der Waals surface area contributed by atoms with Gasteiger partial charge in [0.25, 0.3) is 5.91 Å². The standard InChI is InChI=1S/C20H11Cl3N2OS/c21-14-8-5-11(9-16(14)23)19(26)24-12-6-7-13(15(22)10-12)20-25-17-3-1-2-4-18(17)27-20/h1-10H,(H,24,26). The molecule has 4 aromatic rings. The third kappa shape index (κ3) is 3.80. The Hall–Kier alpha value is -2.11. The normalized spacial score (nSPS) is 10.9. The molecule has 0 atom stereocenters. The van der Waals surface area contributed by atoms with Gasteiger partial charge in [0, 0.05) is 16.8 Å². The van der Waals surface area contributed by atoms with Crippen LogP contribution in [0.1, 0.15) is 10.4 Å². The number of hydrogen-bond donors (Lipinski definition) is 1. The summed E-state index contributed by atoms with van der Waals surface area (Å²) in [6.45, 7) is 0. The third-order valence-corrected chi connectivity index (χ3v) is 6.05. The molecule has 0 aliphatic carbocycles. The number of carbonyl (C=O) groups is 1. The molecule has 0 unspecified atom stereocenters. The second-order valence-electron chi connectivity index (χ2n) is 5.76. The molecule has 1 amide bonds. The molecule has 3 aromatic carbocycles. The largest absolute Gasteiger partial charge is 0.322 e. The van der Waals surface area contributed by atoms with E-state index in [0.29, 0.717) is 26.3 Å². The molecule has 1 N–H and O–H groups in total. The van der Waals surface area contributed by atoms with E-state index in [0.717, 1.165) is 20.8 Å². The number of para-hydroxylation sites is 1. The summed E-state index contributed by atoms with van der Waals surface area (Å²) < 4.78 is 1.10. The number of halogens is 3. The van der Waals surface area contributed by atoms with Crippen LogP contribution in [0.4, 0.5) is 5.69 Å². The summed E-state index contributed by atoms with van der Waals surface area (Å²) in [6.07, 6.45) is 0. The van der Waals surface area contributed by atoms with Crippen LogP contribution in [0.3, 0.4) is 0 Å². The van der Waals surface area contributed by atoms with Crippen molar-refractivity contribution in [1.82, 2.24) is 4.98 Å². The summed E-state index contributed by atoms with van der Waals surface area (Å²) in [5.41, 5.74) is 2.76. The lowest BCUT2D eigenvalue weighted by molar-refractivity contribution is 0.102. The molecule has 7 heteroatoms. The third-order valence-electron chi connectivity index (χ3n) is 3.93. The first-order chi connectivity index (χ1) is 13.0. The van der Waals surface area contributed by atoms with Crippen LogP contribution in [0, 0.1) is 0 Å². The van der Waals surface area contributed by atoms with Gasteiger partial charge >= 0.3 is 0 Å². The van der Waals surface area contributed by atoms with Crippen LogP contribution in [0.25, 0.3) is 20.8 Å². The monoisotopic (exact) mass is 432 g/mol. The molecule has 134 valence electrons. The number of anilines is 1. The molecule has 4 rings (SSSR count). The van der Waals surface area contributed by atoms with Gasteiger partial charge in [0.2, 0.25) is 0 Å². The highest BCUT2D eigenvalue weighted by Crippen LogP contribution is 2.35. The average molecular weight is 434 g/mol. The van der Waals surface area contributed by atoms with Gasteiger partial charge in [0.15, 0.2) is 0 Å². The Balaban J connectivity index is 1.59. The van der Waals surface area contributed by atoms with Crippen molar-refractivity contribution in [2.45, 2.75) is 0 Å². The van der Waals surface area contributed by atoms with Crippen molar-refractivity contribution in [3.05, 3.63) is 81.3 Å². The molecule has 3 nitrogen and oxygen atoms in total. The maximum atomic E-state index is 12.4. The zero-order chi connectivity index (χ0) is 19.0. The lowest BCUT2D eigenvalue weighted by Gasteiger charge is -2.08. The topological polar surface area (TPSA) is 42.0 Å². The molecular formula is C20H11Cl3N2OS. The Morgan fingerprint density at radius 2 is 1.70 bits per heavy atom. The van der Waals surface area contributed by atoms with E-state index in [1.165, 1.54) is 6.07 Å². The van der Waals surface area contributed by atoms with Crippen LogP contribution >= 0.6 is 46.1 Å². The summed E-state index contributed by atoms with van der Waals surface area (Å²) in [7, 11) is 0. The number of fused-ring (bicyclic) bond motifs is 1. The number of amides is 1. The Morgan fingerprint density at radius 3 is 2.44 bits per heavy atom. The predicted molar refractivity (Wildman–Crippen MR) is 114 cm³/mol. The first-order valence-corrected chi connectivity index (χ1v) is 9.88. The number of benzene rings is 3. The highest BCUT2D eigenvalue weighted by Gasteiger charge is 2.13. The predicted octanol–water partition coefficient (Wildman–Crippen LogP) is 7.18. The molecule has 0 bridgehead atoms. The second-order valence-corrected chi connectivity index (χ2v) is 8.02. The molecule has 1 heterocycles. The first-order valence-electron chi connectivity index (χ1n) is 7.93. The van der Waals surface area contributed by atoms with Crippen molar-refractivity contribution in [2.24, 2.45) is 0 Å². The molecular weight excluding hydrogens is 423 g/mol. The fraction of sp³-hybridized carbons (Fsp3) is 0. The van der Waals surface area contributed by atoms with Crippen molar-refractivity contribution < 1.29 is 4.79 Å². The number of thiazole rings is 1. The van der Waals surface area contributed by atoms with Gasteiger partial charge < -0.3 is 5.32 Å². The zero-order valence-corrected chi connectivity index (χ0v) is 16.8. The van der Waals surface area contributed by atoms with Crippen molar-refractivity contribution in [3.8, 4) is 10.6 Å². The van der Waals surface area contributed by atoms with Crippen molar-refractivity contribution in [1.29, 1.82) is 0 Å². The van der Waals surface area contributed by atoms with E-state index in [-0.39, 0.29) is 5.91 Å². The van der Waals surface area contributed by atoms with Gasteiger partial charge in [0.05, 0.1) is 25.3 Å². The molecule has 0 spiro atoms. The van der Waals surface area contributed by atoms with Crippen LogP contribution < -0.4 is 5.32 Å². The minimum absolute atomic E-state index is 0.294. The number of aromatic nitrogens is 1. The lowest BCUT2D eigenvalue weighted by atomic mass is 10.2. The number of carbonyl (C=O) groups excluding carboxylic acids is 1. The quantitative estimate of drug-likeness (QED) is 0.372. The van der Waals surface area contributed by atoms with Crippen molar-refractivity contribution >= 4 is 68.0 Å². The Morgan fingerprint density at radius 1 is 0.889 bits per heavy atom. The maximum Gasteiger partial charge on any atom is 0.255 e. The Bertz CT molecular complexity index is 1140. The summed E-state index contributed by atoms with van der Waals surface area (Å²) in [5, 5.41) is 4.89. The highest BCUT2D eigenvalue weighted by molar-refractivity contribution is 7.21. The summed E-state index contributed by atoms with van der Waals surface area (Å²) in [5.74, 6) is -0.294. The molecule has 0 saturated carbocycles. The fourth-order valence-electron chi connectivity index (χ4n) is 2.59. The van der Waals surface area contributed by atoms with E-state index < -0.39 is 0 Å². The number of nitrogens with zero attached hydrogens (tertiary/aromatic N) is 1. The maximum absolute atomic E-state index is 12.4. The molecule has 1 aromatic heterocycles. The summed E-state index contributed by atoms with van der Waals surface area (Å²) in [4.78, 5) is 17.0. The van der Waals surface area contributed by atoms with Crippen LogP contribution in [-0.2, 0) is 0 Å². The van der Waals surface area contributed by atoms with Crippen LogP contribution in [-0.4, -0.2) is 10.9 Å². The first kappa shape index (κ1) is 18.3. The number of rotatable bonds is 3. The van der Waals surface area contributed by atoms with Gasteiger partial charge in [-0.1, -0.05) is 46.9 Å². The van der Waals surface area contributed by atoms with Gasteiger partial charge in [0.1, 0.15) is 5.01 Å². The average Bonchev–Trinajstić information content (AvgIpc) is 3.07. The van der Waals surface area contributed by atoms with Gasteiger partial charge in [-0.3, -0.25) is 4.79 Å². The Labute approximate surface area is 174 Å². The van der Waals surface area contributed by atoms with E-state index in [4.69, 9.17) is 34.8 Å². The van der Waals surface area contributed by atoms with Crippen molar-refractivity contribution in [3.63, 3.8) is 0 Å². The molecule has 0 aliphatic heterocycles. The molecule has 27 heavy (non-hydrogen) atoms. The smallest absolute Gasteiger partial charge is 0.255 e. The van der Waals surface area contributed by atoms with Gasteiger partial charge in [-0.15, -0.1) is 11.3 Å². The van der Waals surface area contributed by atoms with E-state index in [2.05, 4.69) is 10.3 Å². The number of nitrogens with one attached hydrogen (secondary N) is 1. The second kappa shape index (κ2) is 7.49. The van der Waals surface area contributed by atoms with E-state index in [1.54, 1.807) is 35.6 Å². The molecule has 0 saturated heterocycles. The zero-order valence-electron chi connectivity index (χ0n) is 13.7. The van der Waals surface area contributed by atoms with Crippen LogP contribution in [0.15, 0.2) is 60.7 Å². The highest BCUT2D eigenvalue weighted by atomic mass is 35.5. The summed E-state index contributed by atoms with van der Waals surface area (Å²) >= 11 is 19.9. The van der Waals surface area contributed by atoms with E-state index in [1.807, 2.05) is 30.3 Å². The van der Waals surface area contributed by atoms with E-state index in [9.17, 15) is 4.79 Å². The number of hydrogen-bond acceptors (Lipinski definition) is 3. The van der Waals surface area contributed by atoms with Crippen molar-refractivity contribution in [2.75, 3.05) is 5.32 Å². The van der Waals surface area contributed by atoms with Gasteiger partial charge in [-0.05, 0) is 48.5 Å². The minimum atomic E-state index is -0.294. The summed E-state index contributed by atoms with van der Waals surface area (Å²) in [6, 6.07) is 18.0. The molecule has 0 radical (unpaired) electrons.